The minimum atomic E-state index is 0.0463. The number of rotatable bonds is 3. The molecule has 0 bridgehead atoms. The quantitative estimate of drug-likeness (QED) is 0.789. The average molecular weight is 336 g/mol. The molecule has 2 heterocycles. The van der Waals surface area contributed by atoms with Crippen molar-refractivity contribution in [3.8, 4) is 5.75 Å². The molecule has 2 unspecified atom stereocenters. The Labute approximate surface area is 146 Å². The highest BCUT2D eigenvalue weighted by molar-refractivity contribution is 6.10. The first-order valence-corrected chi connectivity index (χ1v) is 8.53. The van der Waals surface area contributed by atoms with E-state index in [1.54, 1.807) is 18.3 Å². The van der Waals surface area contributed by atoms with E-state index in [1.165, 1.54) is 16.0 Å². The Kier molecular flexibility index (Phi) is 3.73. The Morgan fingerprint density at radius 2 is 2.08 bits per heavy atom. The van der Waals surface area contributed by atoms with Crippen LogP contribution in [0.5, 0.6) is 5.75 Å². The summed E-state index contributed by atoms with van der Waals surface area (Å²) in [5, 5.41) is 12.5. The van der Waals surface area contributed by atoms with Gasteiger partial charge in [0.15, 0.2) is 0 Å². The lowest BCUT2D eigenvalue weighted by atomic mass is 9.88. The summed E-state index contributed by atoms with van der Waals surface area (Å²) >= 11 is 0. The lowest BCUT2D eigenvalue weighted by Gasteiger charge is -2.31. The summed E-state index contributed by atoms with van der Waals surface area (Å²) in [4.78, 5) is 14.3. The van der Waals surface area contributed by atoms with Crippen molar-refractivity contribution < 1.29 is 14.8 Å². The summed E-state index contributed by atoms with van der Waals surface area (Å²) in [6.07, 6.45) is 8.85. The number of hydrogen-bond acceptors (Lipinski definition) is 3. The van der Waals surface area contributed by atoms with Crippen LogP contribution in [0.2, 0.25) is 0 Å². The molecule has 2 aromatic rings. The Balaban J connectivity index is 1.61. The molecule has 2 aliphatic rings. The Hall–Kier alpha value is -2.79. The van der Waals surface area contributed by atoms with Gasteiger partial charge >= 0.3 is 0 Å². The zero-order valence-corrected chi connectivity index (χ0v) is 14.4. The van der Waals surface area contributed by atoms with Gasteiger partial charge in [-0.3, -0.25) is 4.79 Å². The topological polar surface area (TPSA) is 58.7 Å². The number of carbonyl (C=O) groups excluding carboxylic acids is 1. The van der Waals surface area contributed by atoms with Gasteiger partial charge in [0.25, 0.3) is 0 Å². The molecule has 0 saturated heterocycles. The number of ketones is 1. The van der Waals surface area contributed by atoms with Crippen LogP contribution in [-0.4, -0.2) is 29.0 Å². The zero-order chi connectivity index (χ0) is 17.6. The molecule has 0 saturated carbocycles. The van der Waals surface area contributed by atoms with Crippen LogP contribution in [0.4, 0.5) is 0 Å². The van der Waals surface area contributed by atoms with Crippen molar-refractivity contribution in [2.75, 3.05) is 13.6 Å². The summed E-state index contributed by atoms with van der Waals surface area (Å²) in [6.45, 7) is 1.07. The third-order valence-corrected chi connectivity index (χ3v) is 5.13. The Morgan fingerprint density at radius 1 is 1.32 bits per heavy atom. The van der Waals surface area contributed by atoms with Crippen molar-refractivity contribution in [1.82, 2.24) is 9.88 Å². The highest BCUT2D eigenvalue weighted by Crippen LogP contribution is 2.32. The molecule has 1 aromatic heterocycles. The number of likely N-dealkylation sites (N-methyl/N-ethyl adjacent to an activating group) is 1. The van der Waals surface area contributed by atoms with E-state index in [0.29, 0.717) is 5.70 Å². The first-order valence-electron chi connectivity index (χ1n) is 8.53. The fraction of sp³-hybridized carbons (Fsp3) is 0.250. The van der Waals surface area contributed by atoms with Crippen LogP contribution < -0.4 is 10.2 Å². The maximum Gasteiger partial charge on any atom is 0.225 e. The van der Waals surface area contributed by atoms with E-state index in [1.807, 2.05) is 29.8 Å². The number of allylic oxidation sites excluding steroid dienone is 1. The minimum Gasteiger partial charge on any atom is -0.508 e. The maximum absolute atomic E-state index is 12.9. The second-order valence-electron chi connectivity index (χ2n) is 6.83. The smallest absolute Gasteiger partial charge is 0.225 e. The molecule has 0 radical (unpaired) electrons. The number of aromatic hydroxyl groups is 1. The molecule has 0 fully saturated rings. The predicted octanol–water partition coefficient (Wildman–Crippen LogP) is 1.18. The number of carbonyl (C=O) groups is 1. The van der Waals surface area contributed by atoms with Crippen LogP contribution in [0, 0.1) is 0 Å². The lowest BCUT2D eigenvalue weighted by molar-refractivity contribution is -0.907. The largest absolute Gasteiger partial charge is 0.508 e. The van der Waals surface area contributed by atoms with Gasteiger partial charge in [0.1, 0.15) is 17.5 Å². The number of benzene rings is 1. The molecule has 128 valence electrons. The summed E-state index contributed by atoms with van der Waals surface area (Å²) in [7, 11) is 4.13. The standard InChI is InChI=1S/C20H21N3O2/c1-22-10-8-14-12-23(2)19-18(14)17(22)11-16(20(19)25)21-9-7-13-3-5-15(24)6-4-13/h3-7,9,11-12,17,21,24H,8,10H2,1-2H3/p+1. The van der Waals surface area contributed by atoms with Gasteiger partial charge < -0.3 is 19.9 Å². The molecule has 4 rings (SSSR count). The van der Waals surface area contributed by atoms with Crippen LogP contribution in [0.15, 0.2) is 48.4 Å². The molecule has 5 heteroatoms. The number of hydrogen-bond donors (Lipinski definition) is 3. The number of nitrogens with zero attached hydrogens (tertiary/aromatic N) is 1. The van der Waals surface area contributed by atoms with Crippen molar-refractivity contribution in [3.63, 3.8) is 0 Å². The number of quaternary nitrogens is 1. The van der Waals surface area contributed by atoms with E-state index in [2.05, 4.69) is 24.6 Å². The van der Waals surface area contributed by atoms with Gasteiger partial charge in [0.05, 0.1) is 19.3 Å². The number of phenolic OH excluding ortho intramolecular Hbond substituents is 1. The van der Waals surface area contributed by atoms with Gasteiger partial charge in [-0.05, 0) is 29.3 Å². The maximum atomic E-state index is 12.9. The van der Waals surface area contributed by atoms with Gasteiger partial charge in [-0.25, -0.2) is 0 Å². The van der Waals surface area contributed by atoms with Gasteiger partial charge in [-0.1, -0.05) is 12.1 Å². The minimum absolute atomic E-state index is 0.0463. The summed E-state index contributed by atoms with van der Waals surface area (Å²) in [5.74, 6) is 0.288. The summed E-state index contributed by atoms with van der Waals surface area (Å²) in [5.41, 5.74) is 4.89. The van der Waals surface area contributed by atoms with Gasteiger partial charge in [-0.2, -0.15) is 0 Å². The number of phenols is 1. The van der Waals surface area contributed by atoms with Crippen LogP contribution in [-0.2, 0) is 13.5 Å². The number of aromatic nitrogens is 1. The third-order valence-electron chi connectivity index (χ3n) is 5.13. The first kappa shape index (κ1) is 15.7. The molecule has 1 aliphatic heterocycles. The van der Waals surface area contributed by atoms with Gasteiger partial charge in [0, 0.05) is 37.5 Å². The van der Waals surface area contributed by atoms with Crippen LogP contribution in [0.3, 0.4) is 0 Å². The summed E-state index contributed by atoms with van der Waals surface area (Å²) < 4.78 is 1.97. The molecule has 1 aliphatic carbocycles. The normalized spacial score (nSPS) is 22.0. The summed E-state index contributed by atoms with van der Waals surface area (Å²) in [6, 6.07) is 7.16. The van der Waals surface area contributed by atoms with Crippen molar-refractivity contribution in [3.05, 3.63) is 70.8 Å². The molecular weight excluding hydrogens is 314 g/mol. The molecular formula is C20H22N3O2+. The van der Waals surface area contributed by atoms with E-state index < -0.39 is 0 Å². The number of nitrogens with one attached hydrogen (secondary N) is 2. The third kappa shape index (κ3) is 2.66. The SMILES string of the molecule is Cn1cc2c3c1C(=O)C(NC=Cc1ccc(O)cc1)=CC3[NH+](C)CC2. The molecule has 25 heavy (non-hydrogen) atoms. The monoisotopic (exact) mass is 336 g/mol. The number of aryl methyl sites for hydroxylation is 1. The van der Waals surface area contributed by atoms with E-state index in [0.717, 1.165) is 24.2 Å². The van der Waals surface area contributed by atoms with Crippen LogP contribution >= 0.6 is 0 Å². The van der Waals surface area contributed by atoms with E-state index in [9.17, 15) is 9.90 Å². The van der Waals surface area contributed by atoms with Crippen LogP contribution in [0.1, 0.15) is 33.2 Å². The Morgan fingerprint density at radius 3 is 2.84 bits per heavy atom. The second-order valence-corrected chi connectivity index (χ2v) is 6.83. The fourth-order valence-electron chi connectivity index (χ4n) is 3.79. The second kappa shape index (κ2) is 5.93. The average Bonchev–Trinajstić information content (AvgIpc) is 2.93. The molecule has 1 aromatic carbocycles. The molecule has 0 amide bonds. The first-order chi connectivity index (χ1) is 12.0. The van der Waals surface area contributed by atoms with E-state index in [-0.39, 0.29) is 17.6 Å². The van der Waals surface area contributed by atoms with Gasteiger partial charge in [-0.15, -0.1) is 0 Å². The molecule has 0 spiro atoms. The molecule has 3 N–H and O–H groups in total. The number of Topliss-reactive ketones (excluding diaryl/α,β-unsaturated/α-hetero) is 1. The molecule has 5 nitrogen and oxygen atoms in total. The van der Waals surface area contributed by atoms with E-state index >= 15 is 0 Å². The van der Waals surface area contributed by atoms with Crippen molar-refractivity contribution in [2.24, 2.45) is 7.05 Å². The zero-order valence-electron chi connectivity index (χ0n) is 14.4. The van der Waals surface area contributed by atoms with Crippen LogP contribution in [0.25, 0.3) is 6.08 Å². The fourth-order valence-corrected chi connectivity index (χ4v) is 3.79. The Bertz CT molecular complexity index is 890. The van der Waals surface area contributed by atoms with Crippen molar-refractivity contribution >= 4 is 11.9 Å². The van der Waals surface area contributed by atoms with Crippen molar-refractivity contribution in [2.45, 2.75) is 12.5 Å². The highest BCUT2D eigenvalue weighted by atomic mass is 16.3. The lowest BCUT2D eigenvalue weighted by Crippen LogP contribution is -3.10. The highest BCUT2D eigenvalue weighted by Gasteiger charge is 2.38. The van der Waals surface area contributed by atoms with Crippen molar-refractivity contribution in [1.29, 1.82) is 0 Å². The van der Waals surface area contributed by atoms with E-state index in [4.69, 9.17) is 0 Å². The van der Waals surface area contributed by atoms with Gasteiger partial charge in [0.2, 0.25) is 5.78 Å². The predicted molar refractivity (Wildman–Crippen MR) is 96.3 cm³/mol. The molecule has 2 atom stereocenters.